The first kappa shape index (κ1) is 41.0. The minimum Gasteiger partial charge on any atom is -0.369 e. The molecule has 1 spiro atoms. The van der Waals surface area contributed by atoms with E-state index in [2.05, 4.69) is 124 Å². The summed E-state index contributed by atoms with van der Waals surface area (Å²) in [6.45, 7) is 34.3. The summed E-state index contributed by atoms with van der Waals surface area (Å²) in [6.07, 6.45) is 34.0. The Balaban J connectivity index is 1.24. The molecule has 2 saturated carbocycles. The highest BCUT2D eigenvalue weighted by atomic mass is 15.3. The van der Waals surface area contributed by atoms with Gasteiger partial charge in [-0.1, -0.05) is 118 Å². The molecule has 2 nitrogen and oxygen atoms in total. The lowest BCUT2D eigenvalue weighted by Crippen LogP contribution is -2.67. The first-order valence-corrected chi connectivity index (χ1v) is 25.2. The molecule has 3 heterocycles. The van der Waals surface area contributed by atoms with Crippen molar-refractivity contribution < 1.29 is 0 Å². The van der Waals surface area contributed by atoms with E-state index in [-0.39, 0.29) is 5.54 Å². The molecule has 0 N–H and O–H groups in total. The van der Waals surface area contributed by atoms with Crippen molar-refractivity contribution in [1.29, 1.82) is 0 Å². The van der Waals surface area contributed by atoms with Crippen LogP contribution in [0.3, 0.4) is 0 Å². The molecule has 3 aliphatic heterocycles. The standard InChI is InChI=1S/C54H87BN2/c1-14-35-18-19-36(28-34(35)2)37-29-46-48-47(30-37)57-49-42(54(53(57,12)13)26-16-15-17-27-54)31-40(52(9,10)11)33-44(49)55(48)43-32-39(51(6,7)8)22-25-45(43)56(46)41-23-20-38(21-24-41)50(3,4)5/h25,28,30-31,35-41,43-44,46,48-49H,14-24,26-27,29,32-33H2,1-13H3. The van der Waals surface area contributed by atoms with Crippen molar-refractivity contribution in [2.24, 2.45) is 57.2 Å². The molecule has 3 heteroatoms. The maximum Gasteiger partial charge on any atom is 0.168 e. The molecule has 9 rings (SSSR count). The van der Waals surface area contributed by atoms with Crippen LogP contribution < -0.4 is 0 Å². The second kappa shape index (κ2) is 14.1. The van der Waals surface area contributed by atoms with Crippen LogP contribution in [0, 0.1) is 57.2 Å². The van der Waals surface area contributed by atoms with Crippen LogP contribution in [0.1, 0.15) is 193 Å². The molecule has 0 aromatic heterocycles. The number of fused-ring (bicyclic) bond motifs is 5. The summed E-state index contributed by atoms with van der Waals surface area (Å²) in [4.78, 5) is 6.56. The monoisotopic (exact) mass is 775 g/mol. The number of allylic oxidation sites excluding steroid dienone is 6. The van der Waals surface area contributed by atoms with Crippen LogP contribution in [0.5, 0.6) is 0 Å². The van der Waals surface area contributed by atoms with Crippen molar-refractivity contribution in [3.05, 3.63) is 46.8 Å². The van der Waals surface area contributed by atoms with Gasteiger partial charge in [0.1, 0.15) is 0 Å². The Morgan fingerprint density at radius 1 is 0.719 bits per heavy atom. The zero-order valence-electron chi connectivity index (χ0n) is 39.5. The minimum absolute atomic E-state index is 0.149. The fourth-order valence-corrected chi connectivity index (χ4v) is 16.6. The third-order valence-corrected chi connectivity index (χ3v) is 20.1. The van der Waals surface area contributed by atoms with Gasteiger partial charge in [-0.3, -0.25) is 0 Å². The molecule has 0 aromatic rings. The van der Waals surface area contributed by atoms with Gasteiger partial charge in [-0.05, 0) is 179 Å². The third-order valence-electron chi connectivity index (χ3n) is 20.1. The Kier molecular flexibility index (Phi) is 10.1. The third kappa shape index (κ3) is 6.41. The van der Waals surface area contributed by atoms with Gasteiger partial charge in [0.15, 0.2) is 6.71 Å². The van der Waals surface area contributed by atoms with Crippen molar-refractivity contribution >= 4 is 6.71 Å². The van der Waals surface area contributed by atoms with Crippen molar-refractivity contribution in [2.45, 2.75) is 234 Å². The summed E-state index contributed by atoms with van der Waals surface area (Å²) in [5, 5.41) is 0. The quantitative estimate of drug-likeness (QED) is 0.208. The molecule has 57 heavy (non-hydrogen) atoms. The van der Waals surface area contributed by atoms with E-state index in [4.69, 9.17) is 0 Å². The smallest absolute Gasteiger partial charge is 0.168 e. The van der Waals surface area contributed by atoms with Crippen LogP contribution in [0.15, 0.2) is 46.8 Å². The van der Waals surface area contributed by atoms with E-state index in [1.165, 1.54) is 103 Å². The summed E-state index contributed by atoms with van der Waals surface area (Å²) in [5.41, 5.74) is 8.90. The second-order valence-corrected chi connectivity index (χ2v) is 26.0. The SMILES string of the molecule is CCC1CCC(C2C=C3C4B(C5CC(C(C)(C)C)CC=C5N(C5CCC(C(C)(C)C)CC5)C4C2)C2CC(C(C)(C)C)C=C4C2N3C(C)(C)C42CCCCC2)C=C1C. The van der Waals surface area contributed by atoms with Crippen LogP contribution in [-0.4, -0.2) is 40.2 Å². The van der Waals surface area contributed by atoms with Gasteiger partial charge < -0.3 is 9.80 Å². The van der Waals surface area contributed by atoms with Gasteiger partial charge in [0.25, 0.3) is 0 Å². The maximum atomic E-state index is 3.29. The summed E-state index contributed by atoms with van der Waals surface area (Å²) < 4.78 is 0. The van der Waals surface area contributed by atoms with Crippen LogP contribution in [0.4, 0.5) is 0 Å². The lowest BCUT2D eigenvalue weighted by molar-refractivity contribution is 0.0238. The number of hydrogen-bond donors (Lipinski definition) is 0. The Morgan fingerprint density at radius 3 is 2.02 bits per heavy atom. The van der Waals surface area contributed by atoms with Gasteiger partial charge >= 0.3 is 0 Å². The summed E-state index contributed by atoms with van der Waals surface area (Å²) in [6, 6.07) is 1.95. The van der Waals surface area contributed by atoms with Gasteiger partial charge in [0.05, 0.1) is 0 Å². The van der Waals surface area contributed by atoms with Gasteiger partial charge in [0, 0.05) is 40.5 Å². The van der Waals surface area contributed by atoms with E-state index >= 15 is 0 Å². The Labute approximate surface area is 353 Å². The predicted molar refractivity (Wildman–Crippen MR) is 245 cm³/mol. The molecule has 5 fully saturated rings. The van der Waals surface area contributed by atoms with Gasteiger partial charge in [0.2, 0.25) is 0 Å². The molecule has 3 saturated heterocycles. The fraction of sp³-hybridized carbons (Fsp3) is 0.852. The highest BCUT2D eigenvalue weighted by Crippen LogP contribution is 2.73. The van der Waals surface area contributed by atoms with Crippen molar-refractivity contribution in [3.63, 3.8) is 0 Å². The van der Waals surface area contributed by atoms with E-state index in [1.807, 2.05) is 17.0 Å². The van der Waals surface area contributed by atoms with E-state index in [1.54, 1.807) is 5.57 Å². The molecule has 9 aliphatic rings. The maximum absolute atomic E-state index is 3.29. The van der Waals surface area contributed by atoms with Crippen molar-refractivity contribution in [1.82, 2.24) is 9.80 Å². The molecule has 10 atom stereocenters. The Bertz CT molecular complexity index is 1660. The topological polar surface area (TPSA) is 6.48 Å². The van der Waals surface area contributed by atoms with E-state index < -0.39 is 0 Å². The van der Waals surface area contributed by atoms with E-state index in [0.717, 1.165) is 30.3 Å². The van der Waals surface area contributed by atoms with Crippen LogP contribution >= 0.6 is 0 Å². The molecule has 316 valence electrons. The highest BCUT2D eigenvalue weighted by molar-refractivity contribution is 6.66. The summed E-state index contributed by atoms with van der Waals surface area (Å²) in [5.74, 6) is 6.57. The highest BCUT2D eigenvalue weighted by Gasteiger charge is 2.71. The van der Waals surface area contributed by atoms with Gasteiger partial charge in [-0.25, -0.2) is 0 Å². The fourth-order valence-electron chi connectivity index (χ4n) is 16.6. The van der Waals surface area contributed by atoms with E-state index in [9.17, 15) is 0 Å². The minimum atomic E-state index is 0.149. The molecule has 6 aliphatic carbocycles. The number of nitrogens with zero attached hydrogens (tertiary/aromatic N) is 2. The molecule has 0 radical (unpaired) electrons. The summed E-state index contributed by atoms with van der Waals surface area (Å²) in [7, 11) is 0. The summed E-state index contributed by atoms with van der Waals surface area (Å²) >= 11 is 0. The largest absolute Gasteiger partial charge is 0.369 e. The molecular weight excluding hydrogens is 687 g/mol. The molecule has 0 aromatic carbocycles. The van der Waals surface area contributed by atoms with Crippen LogP contribution in [0.2, 0.25) is 17.5 Å². The zero-order valence-corrected chi connectivity index (χ0v) is 39.5. The lowest BCUT2D eigenvalue weighted by Gasteiger charge is -2.66. The normalized spacial score (nSPS) is 41.4. The van der Waals surface area contributed by atoms with Crippen molar-refractivity contribution in [2.75, 3.05) is 0 Å². The molecule has 0 amide bonds. The van der Waals surface area contributed by atoms with Crippen LogP contribution in [0.25, 0.3) is 0 Å². The average Bonchev–Trinajstić information content (AvgIpc) is 3.34. The molecule has 0 bridgehead atoms. The first-order valence-electron chi connectivity index (χ1n) is 25.2. The van der Waals surface area contributed by atoms with Crippen molar-refractivity contribution in [3.8, 4) is 0 Å². The van der Waals surface area contributed by atoms with E-state index in [0.29, 0.717) is 69.2 Å². The zero-order chi connectivity index (χ0) is 40.6. The van der Waals surface area contributed by atoms with Gasteiger partial charge in [-0.15, -0.1) is 0 Å². The number of hydrogen-bond acceptors (Lipinski definition) is 2. The molecular formula is C54H87BN2. The Hall–Kier alpha value is -1.38. The Morgan fingerprint density at radius 2 is 1.40 bits per heavy atom. The van der Waals surface area contributed by atoms with Crippen LogP contribution in [-0.2, 0) is 0 Å². The lowest BCUT2D eigenvalue weighted by atomic mass is 9.19. The first-order chi connectivity index (χ1) is 26.8. The number of rotatable bonds is 3. The molecule has 10 unspecified atom stereocenters. The average molecular weight is 775 g/mol. The second-order valence-electron chi connectivity index (χ2n) is 26.0. The van der Waals surface area contributed by atoms with Gasteiger partial charge in [-0.2, -0.15) is 0 Å². The predicted octanol–water partition coefficient (Wildman–Crippen LogP) is 14.9.